The molecule has 1 N–H and O–H groups in total. The zero-order chi connectivity index (χ0) is 10.3. The number of rotatable bonds is 5. The minimum atomic E-state index is -0.449. The van der Waals surface area contributed by atoms with E-state index in [4.69, 9.17) is 4.74 Å². The normalized spacial score (nSPS) is 9.85. The number of ketones is 1. The van der Waals surface area contributed by atoms with E-state index in [1.54, 1.807) is 0 Å². The highest BCUT2D eigenvalue weighted by atomic mass is 16.5. The zero-order valence-corrected chi connectivity index (χ0v) is 8.42. The molecule has 0 atom stereocenters. The van der Waals surface area contributed by atoms with Gasteiger partial charge in [0.15, 0.2) is 0 Å². The van der Waals surface area contributed by atoms with Gasteiger partial charge in [-0.3, -0.25) is 4.79 Å². The van der Waals surface area contributed by atoms with Gasteiger partial charge in [-0.05, 0) is 12.8 Å². The van der Waals surface area contributed by atoms with Crippen LogP contribution in [0, 0.1) is 5.92 Å². The maximum absolute atomic E-state index is 10.9. The summed E-state index contributed by atoms with van der Waals surface area (Å²) in [6.07, 6.45) is -0.162. The van der Waals surface area contributed by atoms with Gasteiger partial charge in [0.1, 0.15) is 12.4 Å². The van der Waals surface area contributed by atoms with Crippen molar-refractivity contribution in [1.29, 1.82) is 0 Å². The predicted molar refractivity (Wildman–Crippen MR) is 49.5 cm³/mol. The van der Waals surface area contributed by atoms with Gasteiger partial charge < -0.3 is 10.1 Å². The summed E-state index contributed by atoms with van der Waals surface area (Å²) in [6, 6.07) is 0. The molecule has 76 valence electrons. The number of carbonyl (C=O) groups is 2. The largest absolute Gasteiger partial charge is 0.449 e. The van der Waals surface area contributed by atoms with Crippen LogP contribution in [-0.2, 0) is 9.53 Å². The van der Waals surface area contributed by atoms with E-state index < -0.39 is 6.09 Å². The van der Waals surface area contributed by atoms with Crippen LogP contribution in [0.15, 0.2) is 0 Å². The fraction of sp³-hybridized carbons (Fsp3) is 0.778. The first-order valence-electron chi connectivity index (χ1n) is 4.42. The third-order valence-corrected chi connectivity index (χ3v) is 1.34. The molecule has 0 aliphatic rings. The van der Waals surface area contributed by atoms with Crippen molar-refractivity contribution in [2.24, 2.45) is 5.92 Å². The lowest BCUT2D eigenvalue weighted by Gasteiger charge is -2.07. The molecule has 0 aliphatic carbocycles. The number of nitrogens with one attached hydrogen (secondary N) is 1. The van der Waals surface area contributed by atoms with E-state index in [0.29, 0.717) is 12.5 Å². The van der Waals surface area contributed by atoms with Gasteiger partial charge in [0.2, 0.25) is 0 Å². The first-order chi connectivity index (χ1) is 6.02. The quantitative estimate of drug-likeness (QED) is 0.706. The van der Waals surface area contributed by atoms with Gasteiger partial charge in [-0.25, -0.2) is 4.79 Å². The van der Waals surface area contributed by atoms with Crippen LogP contribution in [-0.4, -0.2) is 25.0 Å². The highest BCUT2D eigenvalue weighted by Crippen LogP contribution is 1.89. The Hall–Kier alpha value is -1.06. The Balaban J connectivity index is 3.35. The first kappa shape index (κ1) is 11.9. The summed E-state index contributed by atoms with van der Waals surface area (Å²) in [7, 11) is 0. The van der Waals surface area contributed by atoms with Crippen LogP contribution < -0.4 is 5.32 Å². The van der Waals surface area contributed by atoms with Crippen LogP contribution in [0.25, 0.3) is 0 Å². The molecule has 0 aromatic rings. The molecule has 0 rings (SSSR count). The van der Waals surface area contributed by atoms with Crippen LogP contribution in [0.5, 0.6) is 0 Å². The van der Waals surface area contributed by atoms with Crippen molar-refractivity contribution >= 4 is 11.9 Å². The molecule has 0 saturated carbocycles. The average molecular weight is 187 g/mol. The van der Waals surface area contributed by atoms with Gasteiger partial charge in [0.25, 0.3) is 0 Å². The van der Waals surface area contributed by atoms with Gasteiger partial charge in [-0.1, -0.05) is 13.8 Å². The maximum atomic E-state index is 10.9. The number of alkyl carbamates (subject to hydrolysis) is 1. The molecule has 0 aromatic carbocycles. The van der Waals surface area contributed by atoms with Crippen molar-refractivity contribution in [3.63, 3.8) is 0 Å². The lowest BCUT2D eigenvalue weighted by Crippen LogP contribution is -2.28. The Morgan fingerprint density at radius 1 is 1.38 bits per heavy atom. The number of ether oxygens (including phenoxy) is 1. The lowest BCUT2D eigenvalue weighted by molar-refractivity contribution is -0.117. The third kappa shape index (κ3) is 8.85. The number of hydrogen-bond acceptors (Lipinski definition) is 3. The Morgan fingerprint density at radius 3 is 2.46 bits per heavy atom. The molecule has 0 spiro atoms. The molecule has 0 aromatic heterocycles. The van der Waals surface area contributed by atoms with E-state index >= 15 is 0 Å². The number of hydrogen-bond donors (Lipinski definition) is 1. The van der Waals surface area contributed by atoms with E-state index in [-0.39, 0.29) is 18.8 Å². The van der Waals surface area contributed by atoms with E-state index in [9.17, 15) is 9.59 Å². The topological polar surface area (TPSA) is 55.4 Å². The summed E-state index contributed by atoms with van der Waals surface area (Å²) in [5.74, 6) is 0.428. The highest BCUT2D eigenvalue weighted by Gasteiger charge is 2.02. The molecule has 0 saturated heterocycles. The van der Waals surface area contributed by atoms with Crippen LogP contribution in [0.3, 0.4) is 0 Å². The van der Waals surface area contributed by atoms with E-state index in [1.807, 2.05) is 13.8 Å². The van der Waals surface area contributed by atoms with Gasteiger partial charge in [-0.2, -0.15) is 0 Å². The molecule has 0 fully saturated rings. The maximum Gasteiger partial charge on any atom is 0.407 e. The second kappa shape index (κ2) is 6.46. The smallest absolute Gasteiger partial charge is 0.407 e. The Bertz CT molecular complexity index is 178. The van der Waals surface area contributed by atoms with Crippen LogP contribution in [0.1, 0.15) is 27.2 Å². The molecular formula is C9H17NO3. The Labute approximate surface area is 78.6 Å². The number of carbonyl (C=O) groups excluding carboxylic acids is 2. The summed E-state index contributed by atoms with van der Waals surface area (Å²) in [4.78, 5) is 21.4. The highest BCUT2D eigenvalue weighted by molar-refractivity contribution is 5.76. The minimum Gasteiger partial charge on any atom is -0.449 e. The predicted octanol–water partition coefficient (Wildman–Crippen LogP) is 1.35. The summed E-state index contributed by atoms with van der Waals surface area (Å²) in [5, 5.41) is 2.58. The molecule has 0 radical (unpaired) electrons. The zero-order valence-electron chi connectivity index (χ0n) is 8.42. The van der Waals surface area contributed by atoms with Crippen molar-refractivity contribution < 1.29 is 14.3 Å². The Kier molecular flexibility index (Phi) is 5.93. The standard InChI is InChI=1S/C9H17NO3/c1-7(2)6-10-9(12)13-5-4-8(3)11/h7H,4-6H2,1-3H3,(H,10,12). The van der Waals surface area contributed by atoms with E-state index in [2.05, 4.69) is 5.32 Å². The second-order valence-electron chi connectivity index (χ2n) is 3.36. The number of Topliss-reactive ketones (excluding diaryl/α,β-unsaturated/α-hetero) is 1. The summed E-state index contributed by atoms with van der Waals surface area (Å²) in [5.41, 5.74) is 0. The van der Waals surface area contributed by atoms with Gasteiger partial charge in [0.05, 0.1) is 0 Å². The second-order valence-corrected chi connectivity index (χ2v) is 3.36. The van der Waals surface area contributed by atoms with E-state index in [1.165, 1.54) is 6.92 Å². The molecule has 4 heteroatoms. The van der Waals surface area contributed by atoms with Crippen LogP contribution in [0.4, 0.5) is 4.79 Å². The van der Waals surface area contributed by atoms with Crippen molar-refractivity contribution in [1.82, 2.24) is 5.32 Å². The third-order valence-electron chi connectivity index (χ3n) is 1.34. The molecule has 1 amide bonds. The number of amides is 1. The summed E-state index contributed by atoms with van der Waals surface area (Å²) < 4.78 is 4.73. The SMILES string of the molecule is CC(=O)CCOC(=O)NCC(C)C. The Morgan fingerprint density at radius 2 is 2.00 bits per heavy atom. The average Bonchev–Trinajstić information content (AvgIpc) is 2.00. The monoisotopic (exact) mass is 187 g/mol. The van der Waals surface area contributed by atoms with Gasteiger partial charge in [-0.15, -0.1) is 0 Å². The molecule has 4 nitrogen and oxygen atoms in total. The molecule has 13 heavy (non-hydrogen) atoms. The fourth-order valence-electron chi connectivity index (χ4n) is 0.626. The van der Waals surface area contributed by atoms with Crippen LogP contribution in [0.2, 0.25) is 0 Å². The summed E-state index contributed by atoms with van der Waals surface area (Å²) >= 11 is 0. The summed E-state index contributed by atoms with van der Waals surface area (Å²) in [6.45, 7) is 6.22. The fourth-order valence-corrected chi connectivity index (χ4v) is 0.626. The van der Waals surface area contributed by atoms with E-state index in [0.717, 1.165) is 0 Å². The van der Waals surface area contributed by atoms with Crippen molar-refractivity contribution in [2.75, 3.05) is 13.2 Å². The minimum absolute atomic E-state index is 0.0247. The van der Waals surface area contributed by atoms with Crippen molar-refractivity contribution in [3.8, 4) is 0 Å². The van der Waals surface area contributed by atoms with Gasteiger partial charge >= 0.3 is 6.09 Å². The lowest BCUT2D eigenvalue weighted by atomic mass is 10.2. The van der Waals surface area contributed by atoms with Crippen molar-refractivity contribution in [3.05, 3.63) is 0 Å². The molecule has 0 unspecified atom stereocenters. The molecular weight excluding hydrogens is 170 g/mol. The van der Waals surface area contributed by atoms with Crippen LogP contribution >= 0.6 is 0 Å². The molecule has 0 heterocycles. The molecule has 0 bridgehead atoms. The van der Waals surface area contributed by atoms with Gasteiger partial charge in [0, 0.05) is 13.0 Å². The first-order valence-corrected chi connectivity index (χ1v) is 4.42. The van der Waals surface area contributed by atoms with Crippen molar-refractivity contribution in [2.45, 2.75) is 27.2 Å². The molecule has 0 aliphatic heterocycles.